The Bertz CT molecular complexity index is 275. The molecule has 15 heavy (non-hydrogen) atoms. The number of hydrogen-bond donors (Lipinski definition) is 0. The first-order valence-electron chi connectivity index (χ1n) is 6.01. The van der Waals surface area contributed by atoms with Gasteiger partial charge >= 0.3 is 0 Å². The first-order chi connectivity index (χ1) is 7.26. The molecule has 0 saturated carbocycles. The van der Waals surface area contributed by atoms with Gasteiger partial charge in [-0.05, 0) is 19.3 Å². The number of carbonyl (C=O) groups excluding carboxylic acids is 1. The normalized spacial score (nSPS) is 33.5. The molecule has 2 heteroatoms. The van der Waals surface area contributed by atoms with Gasteiger partial charge in [0.05, 0.1) is 6.04 Å². The molecule has 0 spiro atoms. The summed E-state index contributed by atoms with van der Waals surface area (Å²) in [5.74, 6) is 3.32. The van der Waals surface area contributed by atoms with Gasteiger partial charge in [-0.3, -0.25) is 9.69 Å². The number of Topliss-reactive ketones (excluding diaryl/α,β-unsaturated/α-hetero) is 1. The van der Waals surface area contributed by atoms with Crippen molar-refractivity contribution in [3.63, 3.8) is 0 Å². The van der Waals surface area contributed by atoms with E-state index in [1.54, 1.807) is 0 Å². The summed E-state index contributed by atoms with van der Waals surface area (Å²) in [5.41, 5.74) is 0. The van der Waals surface area contributed by atoms with Gasteiger partial charge in [0.15, 0.2) is 0 Å². The average molecular weight is 205 g/mol. The van der Waals surface area contributed by atoms with Gasteiger partial charge < -0.3 is 0 Å². The van der Waals surface area contributed by atoms with Crippen LogP contribution in [0.15, 0.2) is 0 Å². The highest BCUT2D eigenvalue weighted by atomic mass is 16.1. The molecule has 2 saturated heterocycles. The van der Waals surface area contributed by atoms with E-state index in [1.807, 2.05) is 0 Å². The largest absolute Gasteiger partial charge is 0.300 e. The fraction of sp³-hybridized carbons (Fsp3) is 0.769. The molecule has 0 aromatic heterocycles. The maximum Gasteiger partial charge on any atom is 0.136 e. The van der Waals surface area contributed by atoms with E-state index in [0.29, 0.717) is 17.9 Å². The van der Waals surface area contributed by atoms with Gasteiger partial charge in [0, 0.05) is 24.9 Å². The maximum atomic E-state index is 11.5. The van der Waals surface area contributed by atoms with Crippen LogP contribution in [-0.2, 0) is 4.79 Å². The van der Waals surface area contributed by atoms with Crippen LogP contribution in [0.4, 0.5) is 0 Å². The summed E-state index contributed by atoms with van der Waals surface area (Å²) in [5, 5.41) is 0. The number of carbonyl (C=O) groups is 1. The molecule has 3 atom stereocenters. The van der Waals surface area contributed by atoms with Gasteiger partial charge in [0.2, 0.25) is 0 Å². The smallest absolute Gasteiger partial charge is 0.136 e. The second-order valence-electron chi connectivity index (χ2n) is 4.72. The van der Waals surface area contributed by atoms with Crippen molar-refractivity contribution >= 4 is 5.78 Å². The summed E-state index contributed by atoms with van der Waals surface area (Å²) < 4.78 is 0. The van der Waals surface area contributed by atoms with Crippen molar-refractivity contribution in [2.24, 2.45) is 0 Å². The zero-order chi connectivity index (χ0) is 10.8. The Morgan fingerprint density at radius 3 is 2.53 bits per heavy atom. The van der Waals surface area contributed by atoms with Crippen LogP contribution in [0.1, 0.15) is 45.4 Å². The number of nitrogens with zero attached hydrogens (tertiary/aromatic N) is 1. The molecule has 0 amide bonds. The SMILES string of the molecule is C#CC(CC)N1C2CCCC1CC(=O)C2. The fourth-order valence-corrected chi connectivity index (χ4v) is 3.13. The molecule has 0 N–H and O–H groups in total. The molecule has 0 aromatic carbocycles. The highest BCUT2D eigenvalue weighted by Crippen LogP contribution is 2.34. The zero-order valence-electron chi connectivity index (χ0n) is 9.41. The summed E-state index contributed by atoms with van der Waals surface area (Å²) in [4.78, 5) is 14.0. The number of terminal acetylenes is 1. The molecule has 2 nitrogen and oxygen atoms in total. The first kappa shape index (κ1) is 10.7. The number of fused-ring (bicyclic) bond motifs is 2. The Morgan fingerprint density at radius 1 is 1.47 bits per heavy atom. The van der Waals surface area contributed by atoms with Crippen LogP contribution in [0.5, 0.6) is 0 Å². The van der Waals surface area contributed by atoms with Crippen LogP contribution in [-0.4, -0.2) is 28.8 Å². The van der Waals surface area contributed by atoms with Crippen molar-refractivity contribution in [3.05, 3.63) is 0 Å². The quantitative estimate of drug-likeness (QED) is 0.642. The minimum Gasteiger partial charge on any atom is -0.300 e. The van der Waals surface area contributed by atoms with Gasteiger partial charge in [-0.2, -0.15) is 0 Å². The third kappa shape index (κ3) is 1.94. The maximum absolute atomic E-state index is 11.5. The lowest BCUT2D eigenvalue weighted by Crippen LogP contribution is -2.56. The number of ketones is 1. The average Bonchev–Trinajstić information content (AvgIpc) is 2.20. The van der Waals surface area contributed by atoms with Crippen LogP contribution in [0.25, 0.3) is 0 Å². The Kier molecular flexibility index (Phi) is 3.11. The molecular weight excluding hydrogens is 186 g/mol. The van der Waals surface area contributed by atoms with E-state index in [4.69, 9.17) is 6.42 Å². The van der Waals surface area contributed by atoms with E-state index < -0.39 is 0 Å². The van der Waals surface area contributed by atoms with Crippen molar-refractivity contribution in [3.8, 4) is 12.3 Å². The third-order valence-electron chi connectivity index (χ3n) is 3.78. The predicted octanol–water partition coefficient (Wildman–Crippen LogP) is 1.98. The molecule has 2 bridgehead atoms. The van der Waals surface area contributed by atoms with Crippen molar-refractivity contribution in [2.45, 2.75) is 63.6 Å². The first-order valence-corrected chi connectivity index (χ1v) is 6.01. The summed E-state index contributed by atoms with van der Waals surface area (Å²) in [7, 11) is 0. The van der Waals surface area contributed by atoms with E-state index in [-0.39, 0.29) is 6.04 Å². The molecule has 2 aliphatic rings. The Balaban J connectivity index is 2.17. The highest BCUT2D eigenvalue weighted by Gasteiger charge is 2.39. The summed E-state index contributed by atoms with van der Waals surface area (Å²) in [6, 6.07) is 1.12. The number of hydrogen-bond acceptors (Lipinski definition) is 2. The second-order valence-corrected chi connectivity index (χ2v) is 4.72. The van der Waals surface area contributed by atoms with E-state index in [1.165, 1.54) is 6.42 Å². The summed E-state index contributed by atoms with van der Waals surface area (Å²) in [6.07, 6.45) is 11.6. The van der Waals surface area contributed by atoms with Gasteiger partial charge in [-0.1, -0.05) is 19.3 Å². The molecule has 3 unspecified atom stereocenters. The topological polar surface area (TPSA) is 20.3 Å². The Labute approximate surface area is 92.0 Å². The lowest BCUT2D eigenvalue weighted by atomic mass is 9.82. The molecule has 82 valence electrons. The predicted molar refractivity (Wildman–Crippen MR) is 60.4 cm³/mol. The van der Waals surface area contributed by atoms with Gasteiger partial charge in [-0.25, -0.2) is 0 Å². The minimum atomic E-state index is 0.244. The van der Waals surface area contributed by atoms with Crippen LogP contribution in [0.3, 0.4) is 0 Å². The summed E-state index contributed by atoms with van der Waals surface area (Å²) in [6.45, 7) is 2.14. The van der Waals surface area contributed by atoms with E-state index >= 15 is 0 Å². The monoisotopic (exact) mass is 205 g/mol. The van der Waals surface area contributed by atoms with Crippen molar-refractivity contribution in [1.82, 2.24) is 4.90 Å². The van der Waals surface area contributed by atoms with Crippen molar-refractivity contribution < 1.29 is 4.79 Å². The van der Waals surface area contributed by atoms with Crippen molar-refractivity contribution in [1.29, 1.82) is 0 Å². The van der Waals surface area contributed by atoms with Crippen LogP contribution >= 0.6 is 0 Å². The number of rotatable bonds is 2. The van der Waals surface area contributed by atoms with E-state index in [9.17, 15) is 4.79 Å². The molecule has 2 fully saturated rings. The van der Waals surface area contributed by atoms with Crippen LogP contribution < -0.4 is 0 Å². The molecule has 0 aromatic rings. The zero-order valence-corrected chi connectivity index (χ0v) is 9.41. The highest BCUT2D eigenvalue weighted by molar-refractivity contribution is 5.80. The second kappa shape index (κ2) is 4.37. The molecule has 2 heterocycles. The van der Waals surface area contributed by atoms with E-state index in [2.05, 4.69) is 17.7 Å². The van der Waals surface area contributed by atoms with Gasteiger partial charge in [-0.15, -0.1) is 6.42 Å². The van der Waals surface area contributed by atoms with Crippen LogP contribution in [0.2, 0.25) is 0 Å². The molecule has 2 rings (SSSR count). The molecule has 0 radical (unpaired) electrons. The summed E-state index contributed by atoms with van der Waals surface area (Å²) >= 11 is 0. The number of piperidine rings is 2. The standard InChI is InChI=1S/C13H19NO/c1-3-10(4-2)14-11-6-5-7-12(14)9-13(15)8-11/h1,10-12H,4-9H2,2H3. The van der Waals surface area contributed by atoms with Gasteiger partial charge in [0.25, 0.3) is 0 Å². The molecular formula is C13H19NO. The molecule has 0 aliphatic carbocycles. The molecule has 2 aliphatic heterocycles. The Hall–Kier alpha value is -0.810. The van der Waals surface area contributed by atoms with Crippen molar-refractivity contribution in [2.75, 3.05) is 0 Å². The van der Waals surface area contributed by atoms with Gasteiger partial charge in [0.1, 0.15) is 5.78 Å². The third-order valence-corrected chi connectivity index (χ3v) is 3.78. The Morgan fingerprint density at radius 2 is 2.07 bits per heavy atom. The van der Waals surface area contributed by atoms with Crippen LogP contribution in [0, 0.1) is 12.3 Å². The minimum absolute atomic E-state index is 0.244. The lowest BCUT2D eigenvalue weighted by Gasteiger charge is -2.47. The fourth-order valence-electron chi connectivity index (χ4n) is 3.13. The van der Waals surface area contributed by atoms with E-state index in [0.717, 1.165) is 32.1 Å². The lowest BCUT2D eigenvalue weighted by molar-refractivity contribution is -0.128.